The third kappa shape index (κ3) is 3.63. The van der Waals surface area contributed by atoms with Crippen molar-refractivity contribution in [1.29, 1.82) is 0 Å². The molecule has 0 radical (unpaired) electrons. The van der Waals surface area contributed by atoms with E-state index in [0.717, 1.165) is 11.1 Å². The van der Waals surface area contributed by atoms with Crippen molar-refractivity contribution >= 4 is 27.4 Å². The molecule has 1 heterocycles. The van der Waals surface area contributed by atoms with Crippen LogP contribution in [0.4, 0.5) is 0 Å². The maximum absolute atomic E-state index is 4.07. The number of nitrogens with zero attached hydrogens (tertiary/aromatic N) is 1. The maximum Gasteiger partial charge on any atom is 0.0541 e. The minimum absolute atomic E-state index is 0.948. The lowest BCUT2D eigenvalue weighted by atomic mass is 10.0. The zero-order chi connectivity index (χ0) is 19.2. The molecule has 0 aliphatic rings. The number of benzene rings is 3. The number of allylic oxidation sites excluding steroid dienone is 4. The molecule has 134 valence electrons. The first kappa shape index (κ1) is 18.5. The van der Waals surface area contributed by atoms with Crippen LogP contribution in [0.1, 0.15) is 19.4 Å². The van der Waals surface area contributed by atoms with Crippen LogP contribution in [-0.2, 0) is 0 Å². The molecular formula is C26H25N. The third-order valence-corrected chi connectivity index (χ3v) is 4.64. The van der Waals surface area contributed by atoms with Crippen LogP contribution in [0.5, 0.6) is 0 Å². The summed E-state index contributed by atoms with van der Waals surface area (Å²) in [6.07, 6.45) is 5.80. The van der Waals surface area contributed by atoms with Crippen molar-refractivity contribution in [2.75, 3.05) is 0 Å². The lowest BCUT2D eigenvalue weighted by Crippen LogP contribution is -1.92. The van der Waals surface area contributed by atoms with Gasteiger partial charge in [0.05, 0.1) is 11.0 Å². The molecule has 1 aromatic heterocycles. The van der Waals surface area contributed by atoms with Crippen LogP contribution in [-0.4, -0.2) is 4.57 Å². The summed E-state index contributed by atoms with van der Waals surface area (Å²) in [6.45, 7) is 11.9. The predicted molar refractivity (Wildman–Crippen MR) is 121 cm³/mol. The van der Waals surface area contributed by atoms with Crippen LogP contribution in [0.3, 0.4) is 0 Å². The van der Waals surface area contributed by atoms with Gasteiger partial charge in [-0.25, -0.2) is 0 Å². The summed E-state index contributed by atoms with van der Waals surface area (Å²) in [5, 5.41) is 2.50. The van der Waals surface area contributed by atoms with E-state index < -0.39 is 0 Å². The Morgan fingerprint density at radius 2 is 1.41 bits per heavy atom. The first-order chi connectivity index (χ1) is 13.2. The number of hydrogen-bond acceptors (Lipinski definition) is 0. The van der Waals surface area contributed by atoms with Gasteiger partial charge in [0.15, 0.2) is 0 Å². The molecule has 0 aliphatic heterocycles. The highest BCUT2D eigenvalue weighted by Gasteiger charge is 2.12. The second kappa shape index (κ2) is 8.37. The van der Waals surface area contributed by atoms with Crippen molar-refractivity contribution in [3.05, 3.63) is 110 Å². The highest BCUT2D eigenvalue weighted by atomic mass is 15.0. The van der Waals surface area contributed by atoms with E-state index in [2.05, 4.69) is 84.5 Å². The monoisotopic (exact) mass is 351 g/mol. The van der Waals surface area contributed by atoms with Crippen molar-refractivity contribution in [2.45, 2.75) is 13.8 Å². The lowest BCUT2D eigenvalue weighted by Gasteiger charge is -2.07. The van der Waals surface area contributed by atoms with E-state index >= 15 is 0 Å². The molecule has 1 nitrogen and oxygen atoms in total. The molecule has 0 atom stereocenters. The zero-order valence-electron chi connectivity index (χ0n) is 16.0. The second-order valence-electron chi connectivity index (χ2n) is 6.32. The van der Waals surface area contributed by atoms with Gasteiger partial charge in [0.1, 0.15) is 0 Å². The van der Waals surface area contributed by atoms with Crippen molar-refractivity contribution in [2.24, 2.45) is 0 Å². The summed E-state index contributed by atoms with van der Waals surface area (Å²) in [6, 6.07) is 25.5. The molecule has 3 aromatic carbocycles. The maximum atomic E-state index is 4.07. The standard InChI is InChI=1S/C22H17N.C4H8/c1-3-16(2)17-13-14-22-20(15-17)19-11-7-8-12-21(19)23(22)18-9-5-4-6-10-18;1-3-4-2/h3-15H,1-2H2;3-4H,1-2H3/b;4-3-. The van der Waals surface area contributed by atoms with E-state index in [4.69, 9.17) is 0 Å². The molecule has 27 heavy (non-hydrogen) atoms. The van der Waals surface area contributed by atoms with Gasteiger partial charge in [0.2, 0.25) is 0 Å². The molecular weight excluding hydrogens is 326 g/mol. The SMILES string of the molecule is C/C=C\C.C=CC(=C)c1ccc2c(c1)c1ccccc1n2-c1ccccc1. The quantitative estimate of drug-likeness (QED) is 0.265. The van der Waals surface area contributed by atoms with E-state index in [1.165, 1.54) is 27.5 Å². The smallest absolute Gasteiger partial charge is 0.0541 e. The lowest BCUT2D eigenvalue weighted by molar-refractivity contribution is 1.18. The average Bonchev–Trinajstić information content (AvgIpc) is 3.07. The van der Waals surface area contributed by atoms with Gasteiger partial charge >= 0.3 is 0 Å². The van der Waals surface area contributed by atoms with Crippen LogP contribution in [0, 0.1) is 0 Å². The Morgan fingerprint density at radius 1 is 0.778 bits per heavy atom. The summed E-state index contributed by atoms with van der Waals surface area (Å²) in [4.78, 5) is 0. The first-order valence-electron chi connectivity index (χ1n) is 9.19. The second-order valence-corrected chi connectivity index (χ2v) is 6.32. The van der Waals surface area contributed by atoms with Crippen LogP contribution in [0.25, 0.3) is 33.1 Å². The molecule has 0 spiro atoms. The van der Waals surface area contributed by atoms with Gasteiger partial charge in [0, 0.05) is 16.5 Å². The minimum atomic E-state index is 0.948. The molecule has 4 aromatic rings. The van der Waals surface area contributed by atoms with Gasteiger partial charge in [-0.05, 0) is 55.3 Å². The van der Waals surface area contributed by atoms with Crippen molar-refractivity contribution < 1.29 is 0 Å². The molecule has 0 saturated heterocycles. The van der Waals surface area contributed by atoms with E-state index in [9.17, 15) is 0 Å². The highest BCUT2D eigenvalue weighted by Crippen LogP contribution is 2.33. The van der Waals surface area contributed by atoms with Gasteiger partial charge in [0.25, 0.3) is 0 Å². The van der Waals surface area contributed by atoms with Crippen molar-refractivity contribution in [3.8, 4) is 5.69 Å². The third-order valence-electron chi connectivity index (χ3n) is 4.64. The number of rotatable bonds is 3. The molecule has 0 unspecified atom stereocenters. The molecule has 0 N–H and O–H groups in total. The molecule has 0 aliphatic carbocycles. The normalized spacial score (nSPS) is 10.7. The van der Waals surface area contributed by atoms with Gasteiger partial charge in [-0.1, -0.05) is 73.9 Å². The molecule has 0 amide bonds. The fourth-order valence-corrected chi connectivity index (χ4v) is 3.15. The Bertz CT molecular complexity index is 1110. The Hall–Kier alpha value is -3.32. The van der Waals surface area contributed by atoms with Crippen molar-refractivity contribution in [3.63, 3.8) is 0 Å². The number of aromatic nitrogens is 1. The highest BCUT2D eigenvalue weighted by molar-refractivity contribution is 6.10. The number of hydrogen-bond donors (Lipinski definition) is 0. The average molecular weight is 351 g/mol. The fourth-order valence-electron chi connectivity index (χ4n) is 3.15. The van der Waals surface area contributed by atoms with Crippen LogP contribution in [0.2, 0.25) is 0 Å². The Kier molecular flexibility index (Phi) is 5.73. The Labute approximate surface area is 161 Å². The molecule has 1 heteroatoms. The first-order valence-corrected chi connectivity index (χ1v) is 9.19. The van der Waals surface area contributed by atoms with Crippen LogP contribution < -0.4 is 0 Å². The molecule has 4 rings (SSSR count). The van der Waals surface area contributed by atoms with Gasteiger partial charge in [-0.2, -0.15) is 0 Å². The van der Waals surface area contributed by atoms with Gasteiger partial charge in [-0.15, -0.1) is 0 Å². The van der Waals surface area contributed by atoms with Gasteiger partial charge in [-0.3, -0.25) is 0 Å². The summed E-state index contributed by atoms with van der Waals surface area (Å²) in [5.74, 6) is 0. The van der Waals surface area contributed by atoms with Crippen LogP contribution >= 0.6 is 0 Å². The van der Waals surface area contributed by atoms with Gasteiger partial charge < -0.3 is 4.57 Å². The van der Waals surface area contributed by atoms with Crippen LogP contribution in [0.15, 0.2) is 104 Å². The summed E-state index contributed by atoms with van der Waals surface area (Å²) in [5.41, 5.74) is 5.66. The number of para-hydroxylation sites is 2. The summed E-state index contributed by atoms with van der Waals surface area (Å²) in [7, 11) is 0. The Morgan fingerprint density at radius 3 is 2.07 bits per heavy atom. The summed E-state index contributed by atoms with van der Waals surface area (Å²) >= 11 is 0. The summed E-state index contributed by atoms with van der Waals surface area (Å²) < 4.78 is 2.31. The Balaban J connectivity index is 0.000000481. The minimum Gasteiger partial charge on any atom is -0.309 e. The number of fused-ring (bicyclic) bond motifs is 3. The van der Waals surface area contributed by atoms with E-state index in [0.29, 0.717) is 0 Å². The van der Waals surface area contributed by atoms with E-state index in [1.807, 2.05) is 32.1 Å². The fraction of sp³-hybridized carbons (Fsp3) is 0.0769. The predicted octanol–water partition coefficient (Wildman–Crippen LogP) is 7.57. The molecule has 0 saturated carbocycles. The van der Waals surface area contributed by atoms with E-state index in [1.54, 1.807) is 6.08 Å². The molecule has 0 bridgehead atoms. The topological polar surface area (TPSA) is 4.93 Å². The largest absolute Gasteiger partial charge is 0.309 e. The van der Waals surface area contributed by atoms with E-state index in [-0.39, 0.29) is 0 Å². The van der Waals surface area contributed by atoms with Crippen molar-refractivity contribution in [1.82, 2.24) is 4.57 Å². The zero-order valence-corrected chi connectivity index (χ0v) is 16.0. The molecule has 0 fully saturated rings.